The Morgan fingerprint density at radius 1 is 0.731 bits per heavy atom. The molecule has 3 nitrogen and oxygen atoms in total. The van der Waals surface area contributed by atoms with E-state index in [1.165, 1.54) is 0 Å². The first-order valence-electron chi connectivity index (χ1n) is 5.48. The van der Waals surface area contributed by atoms with Crippen LogP contribution in [0.15, 0.2) is 18.2 Å². The molecular formula is C10H4F12O3S. The molecule has 0 aliphatic carbocycles. The van der Waals surface area contributed by atoms with Crippen molar-refractivity contribution in [1.82, 2.24) is 0 Å². The van der Waals surface area contributed by atoms with Crippen LogP contribution in [0.25, 0.3) is 0 Å². The van der Waals surface area contributed by atoms with E-state index in [0.717, 1.165) is 18.2 Å². The van der Waals surface area contributed by atoms with Gasteiger partial charge in [-0.2, -0.15) is 47.9 Å². The van der Waals surface area contributed by atoms with Crippen molar-refractivity contribution in [1.29, 1.82) is 0 Å². The molecule has 1 N–H and O–H groups in total. The van der Waals surface area contributed by atoms with Gasteiger partial charge >= 0.3 is 33.4 Å². The average Bonchev–Trinajstić information content (AvgIpc) is 2.42. The fourth-order valence-electron chi connectivity index (χ4n) is 1.00. The van der Waals surface area contributed by atoms with Gasteiger partial charge in [0.1, 0.15) is 0 Å². The Morgan fingerprint density at radius 3 is 1.31 bits per heavy atom. The Kier molecular flexibility index (Phi) is 6.66. The van der Waals surface area contributed by atoms with Crippen LogP contribution in [0.1, 0.15) is 0 Å². The lowest BCUT2D eigenvalue weighted by atomic mass is 10.1. The maximum atomic E-state index is 12.2. The molecule has 0 bridgehead atoms. The van der Waals surface area contributed by atoms with E-state index in [2.05, 4.69) is 0 Å². The highest BCUT2D eigenvalue weighted by molar-refractivity contribution is 7.87. The fraction of sp³-hybridized carbons (Fsp3) is 0.400. The number of alkyl halides is 9. The quantitative estimate of drug-likeness (QED) is 0.438. The molecule has 0 radical (unpaired) electrons. The number of hydrogen-bond donors (Lipinski definition) is 1. The zero-order valence-corrected chi connectivity index (χ0v) is 12.3. The minimum atomic E-state index is -7.37. The second-order valence-electron chi connectivity index (χ2n) is 4.17. The van der Waals surface area contributed by atoms with Crippen molar-refractivity contribution in [3.8, 4) is 0 Å². The van der Waals surface area contributed by atoms with Crippen molar-refractivity contribution in [2.24, 2.45) is 0 Å². The van der Waals surface area contributed by atoms with Gasteiger partial charge in [0.2, 0.25) is 0 Å². The largest absolute Gasteiger partial charge is 0.460 e. The maximum Gasteiger partial charge on any atom is 0.460 e. The smallest absolute Gasteiger partial charge is 0.281 e. The van der Waals surface area contributed by atoms with Crippen molar-refractivity contribution in [2.75, 3.05) is 0 Å². The van der Waals surface area contributed by atoms with Crippen LogP contribution in [0.4, 0.5) is 52.7 Å². The van der Waals surface area contributed by atoms with Gasteiger partial charge in [-0.3, -0.25) is 4.55 Å². The monoisotopic (exact) mass is 432 g/mol. The van der Waals surface area contributed by atoms with Crippen molar-refractivity contribution in [3.05, 3.63) is 35.7 Å². The first kappa shape index (κ1) is 24.3. The van der Waals surface area contributed by atoms with E-state index in [4.69, 9.17) is 4.55 Å². The Morgan fingerprint density at radius 2 is 1.08 bits per heavy atom. The van der Waals surface area contributed by atoms with E-state index in [0.29, 0.717) is 0 Å². The van der Waals surface area contributed by atoms with Crippen LogP contribution >= 0.6 is 0 Å². The molecule has 0 heterocycles. The second-order valence-corrected chi connectivity index (χ2v) is 5.64. The lowest BCUT2D eigenvalue weighted by Crippen LogP contribution is -2.63. The van der Waals surface area contributed by atoms with E-state index < -0.39 is 50.8 Å². The molecule has 0 fully saturated rings. The highest BCUT2D eigenvalue weighted by Gasteiger charge is 2.85. The van der Waals surface area contributed by atoms with E-state index in [1.807, 2.05) is 0 Å². The molecule has 16 heteroatoms. The Balaban J connectivity index is 0.000000577. The highest BCUT2D eigenvalue weighted by Crippen LogP contribution is 2.54. The van der Waals surface area contributed by atoms with Gasteiger partial charge in [-0.05, 0) is 12.1 Å². The van der Waals surface area contributed by atoms with E-state index >= 15 is 0 Å². The van der Waals surface area contributed by atoms with Crippen molar-refractivity contribution in [3.63, 3.8) is 0 Å². The summed E-state index contributed by atoms with van der Waals surface area (Å²) in [7, 11) is -7.17. The van der Waals surface area contributed by atoms with Crippen molar-refractivity contribution in [2.45, 2.75) is 23.3 Å². The van der Waals surface area contributed by atoms with E-state index in [-0.39, 0.29) is 0 Å². The molecule has 152 valence electrons. The van der Waals surface area contributed by atoms with Crippen LogP contribution in [0.2, 0.25) is 0 Å². The van der Waals surface area contributed by atoms with E-state index in [9.17, 15) is 61.1 Å². The third-order valence-electron chi connectivity index (χ3n) is 2.34. The zero-order valence-electron chi connectivity index (χ0n) is 11.4. The van der Waals surface area contributed by atoms with E-state index in [1.54, 1.807) is 0 Å². The summed E-state index contributed by atoms with van der Waals surface area (Å²) in [5.74, 6) is -18.5. The fourth-order valence-corrected chi connectivity index (χ4v) is 1.45. The lowest BCUT2D eigenvalue weighted by Gasteiger charge is -2.31. The van der Waals surface area contributed by atoms with Crippen molar-refractivity contribution >= 4 is 10.1 Å². The summed E-state index contributed by atoms with van der Waals surface area (Å²) in [5.41, 5.74) is 0. The van der Waals surface area contributed by atoms with Crippen molar-refractivity contribution < 1.29 is 65.7 Å². The molecule has 0 aliphatic rings. The topological polar surface area (TPSA) is 54.4 Å². The predicted molar refractivity (Wildman–Crippen MR) is 58.8 cm³/mol. The van der Waals surface area contributed by atoms with Gasteiger partial charge in [0.15, 0.2) is 17.5 Å². The summed E-state index contributed by atoms with van der Waals surface area (Å²) in [6.45, 7) is 0. The first-order valence-corrected chi connectivity index (χ1v) is 6.92. The second kappa shape index (κ2) is 7.13. The van der Waals surface area contributed by atoms with Crippen LogP contribution < -0.4 is 0 Å². The minimum Gasteiger partial charge on any atom is -0.281 e. The van der Waals surface area contributed by atoms with Crippen LogP contribution in [-0.2, 0) is 10.1 Å². The summed E-state index contributed by atoms with van der Waals surface area (Å²) >= 11 is 0. The molecule has 1 aromatic rings. The van der Waals surface area contributed by atoms with Gasteiger partial charge in [-0.25, -0.2) is 13.2 Å². The molecule has 0 saturated carbocycles. The van der Waals surface area contributed by atoms with Gasteiger partial charge in [-0.1, -0.05) is 6.07 Å². The molecule has 0 saturated heterocycles. The summed E-state index contributed by atoms with van der Waals surface area (Å²) in [5, 5.41) is -7.00. The predicted octanol–water partition coefficient (Wildman–Crippen LogP) is 4.40. The van der Waals surface area contributed by atoms with Gasteiger partial charge in [0.05, 0.1) is 0 Å². The first-order chi connectivity index (χ1) is 11.2. The standard InChI is InChI=1S/C6H3F3.C4HF9O3S/c7-4-2-1-3-5(8)6(4)9;5-1(6,3(9,10)11)2(7,8)4(12,13)17(14,15)16/h1-3H;(H,14,15,16). The third-order valence-corrected chi connectivity index (χ3v) is 3.25. The van der Waals surface area contributed by atoms with Crippen LogP contribution in [-0.4, -0.2) is 36.2 Å². The summed E-state index contributed by atoms with van der Waals surface area (Å²) in [4.78, 5) is 0. The number of rotatable bonds is 3. The molecule has 0 unspecified atom stereocenters. The Hall–Kier alpha value is -1.71. The molecule has 0 amide bonds. The number of halogens is 12. The van der Waals surface area contributed by atoms with Crippen LogP contribution in [0, 0.1) is 17.5 Å². The maximum absolute atomic E-state index is 12.2. The lowest BCUT2D eigenvalue weighted by molar-refractivity contribution is -0.382. The SMILES string of the molecule is Fc1cccc(F)c1F.O=S(=O)(O)C(F)(F)C(F)(F)C(F)(F)C(F)(F)F. The average molecular weight is 432 g/mol. The molecule has 0 aliphatic heterocycles. The highest BCUT2D eigenvalue weighted by atomic mass is 32.2. The Bertz CT molecular complexity index is 720. The molecule has 26 heavy (non-hydrogen) atoms. The molecule has 1 rings (SSSR count). The number of hydrogen-bond acceptors (Lipinski definition) is 2. The molecule has 0 atom stereocenters. The minimum absolute atomic E-state index is 0.860. The molecular weight excluding hydrogens is 428 g/mol. The molecule has 0 spiro atoms. The van der Waals surface area contributed by atoms with Gasteiger partial charge < -0.3 is 0 Å². The third kappa shape index (κ3) is 4.33. The molecule has 1 aromatic carbocycles. The Labute approximate surface area is 136 Å². The van der Waals surface area contributed by atoms with Crippen LogP contribution in [0.5, 0.6) is 0 Å². The van der Waals surface area contributed by atoms with Crippen LogP contribution in [0.3, 0.4) is 0 Å². The molecule has 0 aromatic heterocycles. The summed E-state index contributed by atoms with van der Waals surface area (Å²) < 4.78 is 170. The summed E-state index contributed by atoms with van der Waals surface area (Å²) in [6.07, 6.45) is -7.13. The van der Waals surface area contributed by atoms with Gasteiger partial charge in [0, 0.05) is 0 Å². The normalized spacial score (nSPS) is 13.9. The summed E-state index contributed by atoms with van der Waals surface area (Å²) in [6, 6.07) is 2.82. The zero-order chi connectivity index (χ0) is 21.4. The van der Waals surface area contributed by atoms with Gasteiger partial charge in [-0.15, -0.1) is 0 Å². The van der Waals surface area contributed by atoms with Gasteiger partial charge in [0.25, 0.3) is 0 Å². The number of benzene rings is 1.